The Kier molecular flexibility index (Phi) is 5.22. The lowest BCUT2D eigenvalue weighted by molar-refractivity contribution is 0.0116. The van der Waals surface area contributed by atoms with E-state index in [4.69, 9.17) is 4.74 Å². The van der Waals surface area contributed by atoms with Crippen molar-refractivity contribution in [1.82, 2.24) is 10.2 Å². The molecule has 0 aromatic rings. The fourth-order valence-electron chi connectivity index (χ4n) is 2.82. The number of likely N-dealkylation sites (tertiary alicyclic amines) is 1. The molecule has 0 radical (unpaired) electrons. The topological polar surface area (TPSA) is 24.5 Å². The third-order valence-corrected chi connectivity index (χ3v) is 4.24. The Morgan fingerprint density at radius 2 is 1.89 bits per heavy atom. The third-order valence-electron chi connectivity index (χ3n) is 4.24. The van der Waals surface area contributed by atoms with E-state index in [0.29, 0.717) is 12.1 Å². The van der Waals surface area contributed by atoms with Crippen LogP contribution in [0.25, 0.3) is 0 Å². The van der Waals surface area contributed by atoms with Crippen LogP contribution in [0, 0.1) is 0 Å². The van der Waals surface area contributed by atoms with E-state index >= 15 is 0 Å². The number of hydrogen-bond acceptors (Lipinski definition) is 3. The first kappa shape index (κ1) is 14.0. The lowest BCUT2D eigenvalue weighted by atomic mass is 9.88. The minimum Gasteiger partial charge on any atom is -0.381 e. The van der Waals surface area contributed by atoms with Crippen LogP contribution in [-0.2, 0) is 4.74 Å². The maximum atomic E-state index is 5.32. The molecule has 0 amide bonds. The summed E-state index contributed by atoms with van der Waals surface area (Å²) in [7, 11) is 1.82. The summed E-state index contributed by atoms with van der Waals surface area (Å²) in [6, 6.07) is 1.44. The number of ether oxygens (including phenoxy) is 1. The van der Waals surface area contributed by atoms with E-state index in [-0.39, 0.29) is 0 Å². The SMILES string of the molecule is COC1CC(NC2CCN(CC=C(C)C)CC2)C1. The molecule has 104 valence electrons. The van der Waals surface area contributed by atoms with Crippen molar-refractivity contribution in [2.24, 2.45) is 0 Å². The van der Waals surface area contributed by atoms with E-state index in [9.17, 15) is 0 Å². The maximum Gasteiger partial charge on any atom is 0.0601 e. The average Bonchev–Trinajstić information content (AvgIpc) is 2.32. The van der Waals surface area contributed by atoms with E-state index in [0.717, 1.165) is 12.6 Å². The molecule has 1 saturated heterocycles. The molecule has 1 N–H and O–H groups in total. The van der Waals surface area contributed by atoms with Gasteiger partial charge in [-0.3, -0.25) is 4.90 Å². The molecule has 0 unspecified atom stereocenters. The highest BCUT2D eigenvalue weighted by atomic mass is 16.5. The lowest BCUT2D eigenvalue weighted by Crippen LogP contribution is -2.52. The monoisotopic (exact) mass is 252 g/mol. The molecule has 0 bridgehead atoms. The van der Waals surface area contributed by atoms with Crippen molar-refractivity contribution in [2.75, 3.05) is 26.7 Å². The zero-order valence-electron chi connectivity index (χ0n) is 12.1. The molecule has 2 rings (SSSR count). The molecule has 1 aliphatic heterocycles. The van der Waals surface area contributed by atoms with E-state index < -0.39 is 0 Å². The third kappa shape index (κ3) is 4.08. The first-order chi connectivity index (χ1) is 8.67. The molecule has 1 saturated carbocycles. The van der Waals surface area contributed by atoms with E-state index in [2.05, 4.69) is 30.1 Å². The molecule has 2 fully saturated rings. The van der Waals surface area contributed by atoms with Gasteiger partial charge in [-0.15, -0.1) is 0 Å². The molecule has 0 spiro atoms. The van der Waals surface area contributed by atoms with E-state index in [1.54, 1.807) is 0 Å². The van der Waals surface area contributed by atoms with Gasteiger partial charge < -0.3 is 10.1 Å². The summed E-state index contributed by atoms with van der Waals surface area (Å²) in [5.41, 5.74) is 1.43. The van der Waals surface area contributed by atoms with Crippen LogP contribution in [0.3, 0.4) is 0 Å². The minimum atomic E-state index is 0.514. The quantitative estimate of drug-likeness (QED) is 0.759. The van der Waals surface area contributed by atoms with Crippen molar-refractivity contribution < 1.29 is 4.74 Å². The van der Waals surface area contributed by atoms with Gasteiger partial charge >= 0.3 is 0 Å². The largest absolute Gasteiger partial charge is 0.381 e. The summed E-state index contributed by atoms with van der Waals surface area (Å²) in [5.74, 6) is 0. The Bertz CT molecular complexity index is 272. The van der Waals surface area contributed by atoms with Gasteiger partial charge in [0, 0.05) is 25.7 Å². The number of hydrogen-bond donors (Lipinski definition) is 1. The van der Waals surface area contributed by atoms with Gasteiger partial charge in [0.05, 0.1) is 6.10 Å². The smallest absolute Gasteiger partial charge is 0.0601 e. The van der Waals surface area contributed by atoms with Crippen molar-refractivity contribution in [3.63, 3.8) is 0 Å². The van der Waals surface area contributed by atoms with Gasteiger partial charge in [0.25, 0.3) is 0 Å². The van der Waals surface area contributed by atoms with Crippen LogP contribution in [-0.4, -0.2) is 49.8 Å². The molecule has 2 aliphatic rings. The second-order valence-electron chi connectivity index (χ2n) is 6.05. The normalized spacial score (nSPS) is 29.9. The van der Waals surface area contributed by atoms with Gasteiger partial charge in [0.15, 0.2) is 0 Å². The Morgan fingerprint density at radius 3 is 2.44 bits per heavy atom. The number of nitrogens with zero attached hydrogens (tertiary/aromatic N) is 1. The zero-order chi connectivity index (χ0) is 13.0. The highest BCUT2D eigenvalue weighted by Crippen LogP contribution is 2.24. The van der Waals surface area contributed by atoms with Crippen LogP contribution in [0.5, 0.6) is 0 Å². The van der Waals surface area contributed by atoms with Crippen molar-refractivity contribution in [3.8, 4) is 0 Å². The fourth-order valence-corrected chi connectivity index (χ4v) is 2.82. The van der Waals surface area contributed by atoms with Crippen molar-refractivity contribution in [3.05, 3.63) is 11.6 Å². The molecular weight excluding hydrogens is 224 g/mol. The van der Waals surface area contributed by atoms with Gasteiger partial charge in [-0.25, -0.2) is 0 Å². The molecule has 3 heteroatoms. The highest BCUT2D eigenvalue weighted by Gasteiger charge is 2.31. The second kappa shape index (κ2) is 6.69. The van der Waals surface area contributed by atoms with Gasteiger partial charge in [-0.1, -0.05) is 11.6 Å². The average molecular weight is 252 g/mol. The Morgan fingerprint density at radius 1 is 1.22 bits per heavy atom. The van der Waals surface area contributed by atoms with Crippen LogP contribution in [0.1, 0.15) is 39.5 Å². The van der Waals surface area contributed by atoms with Gasteiger partial charge in [-0.05, 0) is 52.6 Å². The fraction of sp³-hybridized carbons (Fsp3) is 0.867. The first-order valence-corrected chi connectivity index (χ1v) is 7.32. The van der Waals surface area contributed by atoms with Crippen LogP contribution >= 0.6 is 0 Å². The van der Waals surface area contributed by atoms with Crippen LogP contribution in [0.2, 0.25) is 0 Å². The Balaban J connectivity index is 1.60. The Labute approximate surface area is 112 Å². The highest BCUT2D eigenvalue weighted by molar-refractivity contribution is 4.96. The number of methoxy groups -OCH3 is 1. The second-order valence-corrected chi connectivity index (χ2v) is 6.05. The van der Waals surface area contributed by atoms with Crippen molar-refractivity contribution in [2.45, 2.75) is 57.7 Å². The van der Waals surface area contributed by atoms with Crippen molar-refractivity contribution in [1.29, 1.82) is 0 Å². The number of nitrogens with one attached hydrogen (secondary N) is 1. The Hall–Kier alpha value is -0.380. The van der Waals surface area contributed by atoms with Crippen molar-refractivity contribution >= 4 is 0 Å². The molecular formula is C15H28N2O. The molecule has 0 atom stereocenters. The standard InChI is InChI=1S/C15H28N2O/c1-12(2)4-7-17-8-5-13(6-9-17)16-14-10-15(11-14)18-3/h4,13-16H,5-11H2,1-3H3. The predicted octanol–water partition coefficient (Wildman–Crippen LogP) is 2.18. The maximum absolute atomic E-state index is 5.32. The van der Waals surface area contributed by atoms with Gasteiger partial charge in [0.2, 0.25) is 0 Å². The minimum absolute atomic E-state index is 0.514. The number of piperidine rings is 1. The molecule has 1 heterocycles. The molecule has 18 heavy (non-hydrogen) atoms. The molecule has 0 aromatic heterocycles. The van der Waals surface area contributed by atoms with Crippen LogP contribution in [0.15, 0.2) is 11.6 Å². The predicted molar refractivity (Wildman–Crippen MR) is 75.8 cm³/mol. The van der Waals surface area contributed by atoms with Crippen LogP contribution < -0.4 is 5.32 Å². The molecule has 1 aliphatic carbocycles. The first-order valence-electron chi connectivity index (χ1n) is 7.32. The summed E-state index contributed by atoms with van der Waals surface area (Å²) in [6.45, 7) is 7.96. The number of rotatable bonds is 5. The zero-order valence-corrected chi connectivity index (χ0v) is 12.1. The summed E-state index contributed by atoms with van der Waals surface area (Å²) in [4.78, 5) is 2.56. The molecule has 0 aromatic carbocycles. The number of allylic oxidation sites excluding steroid dienone is 1. The summed E-state index contributed by atoms with van der Waals surface area (Å²) in [5, 5.41) is 3.78. The van der Waals surface area contributed by atoms with E-state index in [1.807, 2.05) is 7.11 Å². The van der Waals surface area contributed by atoms with E-state index in [1.165, 1.54) is 44.3 Å². The summed E-state index contributed by atoms with van der Waals surface area (Å²) >= 11 is 0. The van der Waals surface area contributed by atoms with Gasteiger partial charge in [0.1, 0.15) is 0 Å². The summed E-state index contributed by atoms with van der Waals surface area (Å²) in [6.07, 6.45) is 7.85. The molecule has 3 nitrogen and oxygen atoms in total. The lowest BCUT2D eigenvalue weighted by Gasteiger charge is -2.40. The van der Waals surface area contributed by atoms with Crippen LogP contribution in [0.4, 0.5) is 0 Å². The van der Waals surface area contributed by atoms with Gasteiger partial charge in [-0.2, -0.15) is 0 Å². The summed E-state index contributed by atoms with van der Waals surface area (Å²) < 4.78 is 5.32.